The quantitative estimate of drug-likeness (QED) is 0.447. The molecule has 1 fully saturated rings. The first-order valence-corrected chi connectivity index (χ1v) is 10.5. The lowest BCUT2D eigenvalue weighted by atomic mass is 10.2. The van der Waals surface area contributed by atoms with Gasteiger partial charge in [0.25, 0.3) is 0 Å². The van der Waals surface area contributed by atoms with Gasteiger partial charge in [-0.05, 0) is 45.4 Å². The maximum absolute atomic E-state index is 11.6. The van der Waals surface area contributed by atoms with Crippen molar-refractivity contribution in [1.29, 1.82) is 0 Å². The van der Waals surface area contributed by atoms with Gasteiger partial charge in [0.15, 0.2) is 5.69 Å². The van der Waals surface area contributed by atoms with Crippen LogP contribution in [0.5, 0.6) is 5.75 Å². The normalized spacial score (nSPS) is 14.8. The van der Waals surface area contributed by atoms with Gasteiger partial charge < -0.3 is 14.4 Å². The fraction of sp³-hybridized carbons (Fsp3) is 0.571. The molecule has 0 unspecified atom stereocenters. The van der Waals surface area contributed by atoms with Crippen LogP contribution in [-0.4, -0.2) is 71.8 Å². The Balaban J connectivity index is 1.37. The summed E-state index contributed by atoms with van der Waals surface area (Å²) in [5.41, 5.74) is 1.47. The zero-order valence-corrected chi connectivity index (χ0v) is 17.4. The van der Waals surface area contributed by atoms with Crippen molar-refractivity contribution in [2.24, 2.45) is 0 Å². The molecule has 0 radical (unpaired) electrons. The highest BCUT2D eigenvalue weighted by molar-refractivity contribution is 5.86. The molecule has 158 valence electrons. The smallest absolute Gasteiger partial charge is 0.360 e. The van der Waals surface area contributed by atoms with E-state index in [2.05, 4.69) is 32.2 Å². The second kappa shape index (κ2) is 10.8. The summed E-state index contributed by atoms with van der Waals surface area (Å²) in [6.07, 6.45) is 3.75. The van der Waals surface area contributed by atoms with E-state index in [-0.39, 0.29) is 5.69 Å². The van der Waals surface area contributed by atoms with E-state index in [9.17, 15) is 4.79 Å². The van der Waals surface area contributed by atoms with Crippen LogP contribution in [0.4, 0.5) is 5.69 Å². The number of benzene rings is 1. The average Bonchev–Trinajstić information content (AvgIpc) is 3.22. The summed E-state index contributed by atoms with van der Waals surface area (Å²) in [6.45, 7) is 10.8. The van der Waals surface area contributed by atoms with Gasteiger partial charge in [0.05, 0.1) is 25.1 Å². The fourth-order valence-electron chi connectivity index (χ4n) is 3.52. The van der Waals surface area contributed by atoms with Crippen molar-refractivity contribution in [2.75, 3.05) is 50.8 Å². The Morgan fingerprint density at radius 1 is 1.03 bits per heavy atom. The molecule has 1 saturated heterocycles. The topological polar surface area (TPSA) is 72.7 Å². The van der Waals surface area contributed by atoms with Gasteiger partial charge in [-0.15, -0.1) is 5.10 Å². The van der Waals surface area contributed by atoms with Gasteiger partial charge in [0.2, 0.25) is 0 Å². The highest BCUT2D eigenvalue weighted by Gasteiger charge is 2.19. The Kier molecular flexibility index (Phi) is 7.86. The SMILES string of the molecule is CCOC(=O)c1cn(CCCCN2CCN(c3ccccc3OCC)CC2)nn1. The van der Waals surface area contributed by atoms with Gasteiger partial charge in [-0.1, -0.05) is 17.3 Å². The molecule has 0 amide bonds. The first-order chi connectivity index (χ1) is 14.2. The van der Waals surface area contributed by atoms with Crippen molar-refractivity contribution >= 4 is 11.7 Å². The van der Waals surface area contributed by atoms with Gasteiger partial charge in [0.1, 0.15) is 5.75 Å². The van der Waals surface area contributed by atoms with Crippen molar-refractivity contribution in [2.45, 2.75) is 33.2 Å². The molecule has 8 nitrogen and oxygen atoms in total. The first kappa shape index (κ1) is 21.1. The highest BCUT2D eigenvalue weighted by Crippen LogP contribution is 2.28. The van der Waals surface area contributed by atoms with Crippen LogP contribution in [0.3, 0.4) is 0 Å². The van der Waals surface area contributed by atoms with E-state index in [1.165, 1.54) is 5.69 Å². The molecule has 1 aliphatic rings. The van der Waals surface area contributed by atoms with Crippen molar-refractivity contribution in [3.05, 3.63) is 36.2 Å². The summed E-state index contributed by atoms with van der Waals surface area (Å²) in [5.74, 6) is 0.556. The van der Waals surface area contributed by atoms with E-state index in [4.69, 9.17) is 9.47 Å². The maximum Gasteiger partial charge on any atom is 0.360 e. The molecule has 0 atom stereocenters. The third kappa shape index (κ3) is 5.93. The number of hydrogen-bond donors (Lipinski definition) is 0. The number of esters is 1. The Hall–Kier alpha value is -2.61. The predicted octanol–water partition coefficient (Wildman–Crippen LogP) is 2.46. The second-order valence-electron chi connectivity index (χ2n) is 7.02. The number of unbranched alkanes of at least 4 members (excludes halogenated alkanes) is 1. The number of ether oxygens (including phenoxy) is 2. The average molecular weight is 402 g/mol. The molecule has 1 aromatic carbocycles. The first-order valence-electron chi connectivity index (χ1n) is 10.5. The summed E-state index contributed by atoms with van der Waals surface area (Å²) in [5, 5.41) is 7.88. The van der Waals surface area contributed by atoms with E-state index >= 15 is 0 Å². The third-order valence-corrected chi connectivity index (χ3v) is 5.01. The van der Waals surface area contributed by atoms with Gasteiger partial charge in [-0.2, -0.15) is 0 Å². The van der Waals surface area contributed by atoms with Gasteiger partial charge >= 0.3 is 5.97 Å². The molecule has 0 saturated carbocycles. The molecular weight excluding hydrogens is 370 g/mol. The van der Waals surface area contributed by atoms with Crippen molar-refractivity contribution in [3.63, 3.8) is 0 Å². The minimum Gasteiger partial charge on any atom is -0.492 e. The van der Waals surface area contributed by atoms with E-state index in [0.717, 1.165) is 57.9 Å². The van der Waals surface area contributed by atoms with Crippen LogP contribution < -0.4 is 9.64 Å². The Bertz CT molecular complexity index is 771. The number of aryl methyl sites for hydroxylation is 1. The summed E-state index contributed by atoms with van der Waals surface area (Å²) in [7, 11) is 0. The third-order valence-electron chi connectivity index (χ3n) is 5.01. The second-order valence-corrected chi connectivity index (χ2v) is 7.02. The van der Waals surface area contributed by atoms with Crippen LogP contribution >= 0.6 is 0 Å². The molecule has 2 aromatic rings. The van der Waals surface area contributed by atoms with Crippen LogP contribution in [0.25, 0.3) is 0 Å². The zero-order valence-electron chi connectivity index (χ0n) is 17.4. The largest absolute Gasteiger partial charge is 0.492 e. The monoisotopic (exact) mass is 401 g/mol. The molecular formula is C21H31N5O3. The Morgan fingerprint density at radius 2 is 1.79 bits per heavy atom. The Morgan fingerprint density at radius 3 is 2.55 bits per heavy atom. The van der Waals surface area contributed by atoms with Crippen LogP contribution in [0.2, 0.25) is 0 Å². The molecule has 2 heterocycles. The van der Waals surface area contributed by atoms with E-state index < -0.39 is 5.97 Å². The summed E-state index contributed by atoms with van der Waals surface area (Å²) >= 11 is 0. The number of nitrogens with zero attached hydrogens (tertiary/aromatic N) is 5. The molecule has 0 bridgehead atoms. The van der Waals surface area contributed by atoms with Crippen LogP contribution in [0.15, 0.2) is 30.5 Å². The van der Waals surface area contributed by atoms with E-state index in [1.54, 1.807) is 17.8 Å². The lowest BCUT2D eigenvalue weighted by Gasteiger charge is -2.36. The van der Waals surface area contributed by atoms with Crippen LogP contribution in [0.1, 0.15) is 37.2 Å². The van der Waals surface area contributed by atoms with E-state index in [1.807, 2.05) is 19.1 Å². The Labute approximate surface area is 172 Å². The lowest BCUT2D eigenvalue weighted by Crippen LogP contribution is -2.46. The number of anilines is 1. The maximum atomic E-state index is 11.6. The van der Waals surface area contributed by atoms with Crippen LogP contribution in [0, 0.1) is 0 Å². The molecule has 0 N–H and O–H groups in total. The zero-order chi connectivity index (χ0) is 20.5. The number of piperazine rings is 1. The van der Waals surface area contributed by atoms with Crippen LogP contribution in [-0.2, 0) is 11.3 Å². The lowest BCUT2D eigenvalue weighted by molar-refractivity contribution is 0.0519. The van der Waals surface area contributed by atoms with Crippen molar-refractivity contribution in [3.8, 4) is 5.75 Å². The number of carbonyl (C=O) groups excluding carboxylic acids is 1. The molecule has 0 aliphatic carbocycles. The van der Waals surface area contributed by atoms with Gasteiger partial charge in [0, 0.05) is 32.7 Å². The highest BCUT2D eigenvalue weighted by atomic mass is 16.5. The summed E-state index contributed by atoms with van der Waals surface area (Å²) in [6, 6.07) is 8.28. The standard InChI is InChI=1S/C21H31N5O3/c1-3-28-20-10-6-5-9-19(20)25-15-13-24(14-16-25)11-7-8-12-26-17-18(22-23-26)21(27)29-4-2/h5-6,9-10,17H,3-4,7-8,11-16H2,1-2H3. The molecule has 0 spiro atoms. The molecule has 8 heteroatoms. The molecule has 1 aromatic heterocycles. The number of aromatic nitrogens is 3. The number of carbonyl (C=O) groups is 1. The fourth-order valence-corrected chi connectivity index (χ4v) is 3.52. The molecule has 29 heavy (non-hydrogen) atoms. The van der Waals surface area contributed by atoms with E-state index in [0.29, 0.717) is 13.2 Å². The number of para-hydroxylation sites is 2. The molecule has 3 rings (SSSR count). The summed E-state index contributed by atoms with van der Waals surface area (Å²) < 4.78 is 12.4. The minimum absolute atomic E-state index is 0.273. The van der Waals surface area contributed by atoms with Crippen molar-refractivity contribution in [1.82, 2.24) is 19.9 Å². The number of hydrogen-bond acceptors (Lipinski definition) is 7. The predicted molar refractivity (Wildman–Crippen MR) is 111 cm³/mol. The minimum atomic E-state index is -0.414. The summed E-state index contributed by atoms with van der Waals surface area (Å²) in [4.78, 5) is 16.5. The van der Waals surface area contributed by atoms with Gasteiger partial charge in [-0.25, -0.2) is 4.79 Å². The molecule has 1 aliphatic heterocycles. The number of rotatable bonds is 10. The van der Waals surface area contributed by atoms with Gasteiger partial charge in [-0.3, -0.25) is 9.58 Å². The van der Waals surface area contributed by atoms with Crippen molar-refractivity contribution < 1.29 is 14.3 Å².